The normalized spacial score (nSPS) is 10.1. The summed E-state index contributed by atoms with van der Waals surface area (Å²) in [5, 5.41) is 2.58. The lowest BCUT2D eigenvalue weighted by molar-refractivity contribution is -0.146. The molecule has 1 N–H and O–H groups in total. The molecule has 2 aromatic rings. The standard InChI is InChI=1S/C19H19NO4/c1-13-7-9-15(10-8-13)11-19(23)24-12-18(22)20-17-6-4-3-5-16(17)14(2)21/h3-10H,11-12H2,1-2H3,(H,20,22). The van der Waals surface area contributed by atoms with E-state index in [0.29, 0.717) is 11.3 Å². The largest absolute Gasteiger partial charge is 0.455 e. The van der Waals surface area contributed by atoms with E-state index in [2.05, 4.69) is 5.32 Å². The summed E-state index contributed by atoms with van der Waals surface area (Å²) in [6.45, 7) is 2.99. The molecule has 2 rings (SSSR count). The molecule has 0 aliphatic heterocycles. The molecule has 0 saturated carbocycles. The topological polar surface area (TPSA) is 72.5 Å². The van der Waals surface area contributed by atoms with Crippen molar-refractivity contribution in [1.29, 1.82) is 0 Å². The lowest BCUT2D eigenvalue weighted by Crippen LogP contribution is -2.22. The van der Waals surface area contributed by atoms with Gasteiger partial charge in [-0.3, -0.25) is 14.4 Å². The molecule has 1 amide bonds. The number of carbonyl (C=O) groups is 3. The van der Waals surface area contributed by atoms with Gasteiger partial charge in [-0.15, -0.1) is 0 Å². The summed E-state index contributed by atoms with van der Waals surface area (Å²) >= 11 is 0. The first-order chi connectivity index (χ1) is 11.5. The van der Waals surface area contributed by atoms with Crippen LogP contribution in [0.4, 0.5) is 5.69 Å². The van der Waals surface area contributed by atoms with Crippen LogP contribution in [0.25, 0.3) is 0 Å². The van der Waals surface area contributed by atoms with Crippen molar-refractivity contribution < 1.29 is 19.1 Å². The number of carbonyl (C=O) groups excluding carboxylic acids is 3. The summed E-state index contributed by atoms with van der Waals surface area (Å²) in [7, 11) is 0. The molecule has 0 aliphatic rings. The number of esters is 1. The van der Waals surface area contributed by atoms with E-state index in [1.165, 1.54) is 6.92 Å². The average Bonchev–Trinajstić information content (AvgIpc) is 2.55. The summed E-state index contributed by atoms with van der Waals surface area (Å²) < 4.78 is 4.97. The molecule has 0 aromatic heterocycles. The quantitative estimate of drug-likeness (QED) is 0.655. The molecule has 0 atom stereocenters. The van der Waals surface area contributed by atoms with Crippen molar-refractivity contribution in [2.75, 3.05) is 11.9 Å². The highest BCUT2D eigenvalue weighted by Crippen LogP contribution is 2.15. The van der Waals surface area contributed by atoms with E-state index >= 15 is 0 Å². The Bertz CT molecular complexity index is 750. The van der Waals surface area contributed by atoms with Gasteiger partial charge in [-0.2, -0.15) is 0 Å². The summed E-state index contributed by atoms with van der Waals surface area (Å²) in [5.74, 6) is -1.11. The van der Waals surface area contributed by atoms with Crippen LogP contribution in [0, 0.1) is 6.92 Å². The lowest BCUT2D eigenvalue weighted by Gasteiger charge is -2.09. The van der Waals surface area contributed by atoms with Crippen LogP contribution >= 0.6 is 0 Å². The minimum Gasteiger partial charge on any atom is -0.455 e. The van der Waals surface area contributed by atoms with Crippen molar-refractivity contribution in [2.45, 2.75) is 20.3 Å². The van der Waals surface area contributed by atoms with Crippen molar-refractivity contribution in [1.82, 2.24) is 0 Å². The van der Waals surface area contributed by atoms with Crippen molar-refractivity contribution in [2.24, 2.45) is 0 Å². The van der Waals surface area contributed by atoms with E-state index in [4.69, 9.17) is 4.74 Å². The number of anilines is 1. The van der Waals surface area contributed by atoms with Gasteiger partial charge in [0.15, 0.2) is 12.4 Å². The van der Waals surface area contributed by atoms with Crippen LogP contribution < -0.4 is 5.32 Å². The third-order valence-electron chi connectivity index (χ3n) is 3.41. The Labute approximate surface area is 140 Å². The van der Waals surface area contributed by atoms with Crippen molar-refractivity contribution in [3.63, 3.8) is 0 Å². The van der Waals surface area contributed by atoms with E-state index in [1.807, 2.05) is 31.2 Å². The molecule has 5 nitrogen and oxygen atoms in total. The van der Waals surface area contributed by atoms with E-state index in [9.17, 15) is 14.4 Å². The van der Waals surface area contributed by atoms with Gasteiger partial charge >= 0.3 is 5.97 Å². The molecule has 2 aromatic carbocycles. The highest BCUT2D eigenvalue weighted by molar-refractivity contribution is 6.04. The highest BCUT2D eigenvalue weighted by atomic mass is 16.5. The zero-order chi connectivity index (χ0) is 17.5. The summed E-state index contributed by atoms with van der Waals surface area (Å²) in [5.41, 5.74) is 2.75. The number of aryl methyl sites for hydroxylation is 1. The van der Waals surface area contributed by atoms with E-state index in [-0.39, 0.29) is 12.2 Å². The van der Waals surface area contributed by atoms with Gasteiger partial charge in [-0.05, 0) is 31.5 Å². The Hall–Kier alpha value is -2.95. The first-order valence-electron chi connectivity index (χ1n) is 7.56. The molecule has 0 bridgehead atoms. The summed E-state index contributed by atoms with van der Waals surface area (Å²) in [4.78, 5) is 35.2. The van der Waals surface area contributed by atoms with Gasteiger partial charge in [0.1, 0.15) is 0 Å². The predicted molar refractivity (Wildman–Crippen MR) is 90.9 cm³/mol. The minimum atomic E-state index is -0.485. The maximum atomic E-state index is 11.9. The van der Waals surface area contributed by atoms with Crippen LogP contribution in [-0.4, -0.2) is 24.3 Å². The fraction of sp³-hybridized carbons (Fsp3) is 0.211. The molecule has 0 spiro atoms. The third kappa shape index (κ3) is 5.05. The van der Waals surface area contributed by atoms with Gasteiger partial charge < -0.3 is 10.1 Å². The summed E-state index contributed by atoms with van der Waals surface area (Å²) in [6, 6.07) is 14.2. The second-order valence-electron chi connectivity index (χ2n) is 5.47. The highest BCUT2D eigenvalue weighted by Gasteiger charge is 2.12. The molecule has 5 heteroatoms. The summed E-state index contributed by atoms with van der Waals surface area (Å²) in [6.07, 6.45) is 0.109. The molecule has 0 radical (unpaired) electrons. The zero-order valence-electron chi connectivity index (χ0n) is 13.7. The number of Topliss-reactive ketones (excluding diaryl/α,β-unsaturated/α-hetero) is 1. The number of para-hydroxylation sites is 1. The molecular formula is C19H19NO4. The Balaban J connectivity index is 1.86. The van der Waals surface area contributed by atoms with Crippen molar-refractivity contribution in [3.05, 3.63) is 65.2 Å². The molecule has 0 saturated heterocycles. The maximum absolute atomic E-state index is 11.9. The maximum Gasteiger partial charge on any atom is 0.310 e. The average molecular weight is 325 g/mol. The molecule has 0 heterocycles. The Morgan fingerprint density at radius 1 is 1.00 bits per heavy atom. The molecule has 0 unspecified atom stereocenters. The van der Waals surface area contributed by atoms with Crippen molar-refractivity contribution >= 4 is 23.3 Å². The van der Waals surface area contributed by atoms with Crippen LogP contribution in [0.2, 0.25) is 0 Å². The minimum absolute atomic E-state index is 0.109. The number of nitrogens with one attached hydrogen (secondary N) is 1. The van der Waals surface area contributed by atoms with Gasteiger partial charge in [0.25, 0.3) is 5.91 Å². The fourth-order valence-corrected chi connectivity index (χ4v) is 2.16. The van der Waals surface area contributed by atoms with E-state index in [0.717, 1.165) is 11.1 Å². The number of hydrogen-bond acceptors (Lipinski definition) is 4. The monoisotopic (exact) mass is 325 g/mol. The first-order valence-corrected chi connectivity index (χ1v) is 7.56. The Morgan fingerprint density at radius 3 is 2.33 bits per heavy atom. The number of ketones is 1. The number of hydrogen-bond donors (Lipinski definition) is 1. The second kappa shape index (κ2) is 8.06. The van der Waals surface area contributed by atoms with Crippen LogP contribution in [-0.2, 0) is 20.7 Å². The van der Waals surface area contributed by atoms with E-state index < -0.39 is 18.5 Å². The van der Waals surface area contributed by atoms with E-state index in [1.54, 1.807) is 24.3 Å². The second-order valence-corrected chi connectivity index (χ2v) is 5.47. The van der Waals surface area contributed by atoms with Crippen LogP contribution in [0.5, 0.6) is 0 Å². The van der Waals surface area contributed by atoms with Gasteiger partial charge in [0, 0.05) is 5.56 Å². The van der Waals surface area contributed by atoms with Crippen LogP contribution in [0.3, 0.4) is 0 Å². The predicted octanol–water partition coefficient (Wildman–Crippen LogP) is 2.92. The van der Waals surface area contributed by atoms with Crippen LogP contribution in [0.1, 0.15) is 28.4 Å². The van der Waals surface area contributed by atoms with Gasteiger partial charge in [-0.1, -0.05) is 42.0 Å². The molecule has 24 heavy (non-hydrogen) atoms. The molecular weight excluding hydrogens is 306 g/mol. The van der Waals surface area contributed by atoms with Crippen molar-refractivity contribution in [3.8, 4) is 0 Å². The number of rotatable bonds is 6. The van der Waals surface area contributed by atoms with Crippen LogP contribution in [0.15, 0.2) is 48.5 Å². The Kier molecular flexibility index (Phi) is 5.84. The fourth-order valence-electron chi connectivity index (χ4n) is 2.16. The third-order valence-corrected chi connectivity index (χ3v) is 3.41. The van der Waals surface area contributed by atoms with Gasteiger partial charge in [0.2, 0.25) is 0 Å². The molecule has 124 valence electrons. The lowest BCUT2D eigenvalue weighted by atomic mass is 10.1. The Morgan fingerprint density at radius 2 is 1.67 bits per heavy atom. The molecule has 0 fully saturated rings. The smallest absolute Gasteiger partial charge is 0.310 e. The zero-order valence-corrected chi connectivity index (χ0v) is 13.7. The number of amides is 1. The SMILES string of the molecule is CC(=O)c1ccccc1NC(=O)COC(=O)Cc1ccc(C)cc1. The first kappa shape index (κ1) is 17.4. The number of ether oxygens (including phenoxy) is 1. The van der Waals surface area contributed by atoms with Gasteiger partial charge in [-0.25, -0.2) is 0 Å². The number of benzene rings is 2. The van der Waals surface area contributed by atoms with Gasteiger partial charge in [0.05, 0.1) is 12.1 Å². The molecule has 0 aliphatic carbocycles.